The van der Waals surface area contributed by atoms with Crippen LogP contribution in [-0.4, -0.2) is 36.1 Å². The first-order valence-electron chi connectivity index (χ1n) is 17.9. The largest absolute Gasteiger partial charge is 0.449 e. The molecule has 0 aliphatic heterocycles. The molecule has 0 heterocycles. The summed E-state index contributed by atoms with van der Waals surface area (Å²) in [7, 11) is 0. The number of fused-ring (bicyclic) bond motifs is 3. The third-order valence-corrected chi connectivity index (χ3v) is 9.72. The van der Waals surface area contributed by atoms with E-state index in [1.807, 2.05) is 0 Å². The molecule has 6 rings (SSSR count). The van der Waals surface area contributed by atoms with E-state index in [-0.39, 0.29) is 0 Å². The molecule has 0 aromatic heterocycles. The van der Waals surface area contributed by atoms with E-state index < -0.39 is 172 Å². The van der Waals surface area contributed by atoms with Crippen molar-refractivity contribution in [1.29, 1.82) is 0 Å². The van der Waals surface area contributed by atoms with Crippen molar-refractivity contribution in [3.8, 4) is 28.4 Å². The highest BCUT2D eigenvalue weighted by atomic mass is 19.2. The van der Waals surface area contributed by atoms with Crippen molar-refractivity contribution in [3.05, 3.63) is 147 Å². The van der Waals surface area contributed by atoms with Crippen LogP contribution in [0.4, 0.5) is 70.7 Å². The van der Waals surface area contributed by atoms with Gasteiger partial charge in [0.1, 0.15) is 12.1 Å². The van der Waals surface area contributed by atoms with Crippen molar-refractivity contribution in [2.75, 3.05) is 6.61 Å². The van der Waals surface area contributed by atoms with Gasteiger partial charge in [0.15, 0.2) is 0 Å². The summed E-state index contributed by atoms with van der Waals surface area (Å²) >= 11 is 0. The number of nitrogens with one attached hydrogen (secondary N) is 1. The molecular formula is C41H20F15NO8. The van der Waals surface area contributed by atoms with E-state index in [9.17, 15) is 85.0 Å². The van der Waals surface area contributed by atoms with Crippen LogP contribution in [-0.2, 0) is 19.1 Å². The predicted octanol–water partition coefficient (Wildman–Crippen LogP) is 9.73. The predicted molar refractivity (Wildman–Crippen MR) is 185 cm³/mol. The maximum Gasteiger partial charge on any atom is 0.408 e. The van der Waals surface area contributed by atoms with Gasteiger partial charge in [-0.05, 0) is 35.1 Å². The molecule has 0 atom stereocenters. The summed E-state index contributed by atoms with van der Waals surface area (Å²) in [5.41, 5.74) is -0.974. The Balaban J connectivity index is 1.39. The Bertz CT molecular complexity index is 2580. The fourth-order valence-corrected chi connectivity index (χ4v) is 6.51. The molecule has 0 spiro atoms. The van der Waals surface area contributed by atoms with Crippen LogP contribution in [0.2, 0.25) is 0 Å². The van der Waals surface area contributed by atoms with Gasteiger partial charge in [-0.2, -0.15) is 26.3 Å². The van der Waals surface area contributed by atoms with E-state index in [1.165, 1.54) is 0 Å². The molecule has 24 heteroatoms. The van der Waals surface area contributed by atoms with Gasteiger partial charge in [-0.3, -0.25) is 9.59 Å². The second-order valence-corrected chi connectivity index (χ2v) is 13.6. The first-order chi connectivity index (χ1) is 30.6. The third-order valence-electron chi connectivity index (χ3n) is 9.72. The van der Waals surface area contributed by atoms with Crippen molar-refractivity contribution in [3.63, 3.8) is 0 Å². The number of hydrogen-bond acceptors (Lipinski definition) is 8. The minimum atomic E-state index is -3.42. The molecular weight excluding hydrogens is 919 g/mol. The molecule has 342 valence electrons. The minimum absolute atomic E-state index is 0.560. The van der Waals surface area contributed by atoms with Crippen molar-refractivity contribution in [2.24, 2.45) is 0 Å². The zero-order valence-electron chi connectivity index (χ0n) is 31.7. The molecule has 1 amide bonds. The number of hydrogen-bond donors (Lipinski definition) is 1. The molecule has 5 aromatic carbocycles. The lowest BCUT2D eigenvalue weighted by molar-refractivity contribution is -0.144. The van der Waals surface area contributed by atoms with Crippen LogP contribution >= 0.6 is 0 Å². The van der Waals surface area contributed by atoms with Gasteiger partial charge in [-0.1, -0.05) is 48.5 Å². The summed E-state index contributed by atoms with van der Waals surface area (Å²) in [6, 6.07) is 13.2. The number of halogens is 15. The van der Waals surface area contributed by atoms with E-state index in [0.29, 0.717) is 22.3 Å². The fraction of sp³-hybridized carbons (Fsp3) is 0.171. The Kier molecular flexibility index (Phi) is 13.4. The maximum atomic E-state index is 14.8. The second kappa shape index (κ2) is 18.4. The zero-order valence-corrected chi connectivity index (χ0v) is 31.7. The average Bonchev–Trinajstić information content (AvgIpc) is 3.62. The Morgan fingerprint density at radius 1 is 0.446 bits per heavy atom. The van der Waals surface area contributed by atoms with E-state index in [1.54, 1.807) is 53.8 Å². The lowest BCUT2D eigenvalue weighted by atomic mass is 9.88. The quantitative estimate of drug-likeness (QED) is 0.0408. The Hall–Kier alpha value is -7.27. The molecule has 65 heavy (non-hydrogen) atoms. The number of alkyl carbamates (subject to hydrolysis) is 1. The second-order valence-electron chi connectivity index (χ2n) is 13.6. The summed E-state index contributed by atoms with van der Waals surface area (Å²) in [4.78, 5) is 53.5. The Morgan fingerprint density at radius 2 is 0.754 bits per heavy atom. The van der Waals surface area contributed by atoms with E-state index in [4.69, 9.17) is 4.74 Å². The molecule has 1 aliphatic rings. The summed E-state index contributed by atoms with van der Waals surface area (Å²) in [5.74, 6) is -55.0. The van der Waals surface area contributed by atoms with Crippen LogP contribution in [0.25, 0.3) is 11.1 Å². The van der Waals surface area contributed by atoms with Crippen LogP contribution in [0, 0.1) is 87.3 Å². The number of carbonyl (C=O) groups excluding carboxylic acids is 4. The topological polar surface area (TPSA) is 117 Å². The average molecular weight is 940 g/mol. The smallest absolute Gasteiger partial charge is 0.408 e. The number of rotatable bonds is 13. The Labute approximate surface area is 352 Å². The summed E-state index contributed by atoms with van der Waals surface area (Å²) in [6.45, 7) is -0.660. The number of carbonyl (C=O) groups is 4. The third kappa shape index (κ3) is 8.83. The van der Waals surface area contributed by atoms with Crippen molar-refractivity contribution >= 4 is 24.0 Å². The van der Waals surface area contributed by atoms with Gasteiger partial charge in [0.2, 0.25) is 105 Å². The molecule has 0 bridgehead atoms. The lowest BCUT2D eigenvalue weighted by Crippen LogP contribution is -2.57. The van der Waals surface area contributed by atoms with Gasteiger partial charge < -0.3 is 24.3 Å². The minimum Gasteiger partial charge on any atom is -0.449 e. The van der Waals surface area contributed by atoms with E-state index in [2.05, 4.69) is 14.2 Å². The SMILES string of the molecule is O=C(CCC(CCC(=O)Oc1c(F)c(F)c(F)c(F)c1F)(NC(=O)OCC1c2ccccc2-c2ccccc21)C(=O)Oc1c(F)c(F)c(F)c(F)c1F)Oc1c(F)c(F)c(F)c(F)c1F. The highest BCUT2D eigenvalue weighted by Crippen LogP contribution is 2.45. The van der Waals surface area contributed by atoms with Crippen molar-refractivity contribution in [2.45, 2.75) is 37.1 Å². The number of esters is 3. The Morgan fingerprint density at radius 3 is 1.11 bits per heavy atom. The van der Waals surface area contributed by atoms with Crippen molar-refractivity contribution in [1.82, 2.24) is 5.32 Å². The highest BCUT2D eigenvalue weighted by molar-refractivity contribution is 5.89. The fourth-order valence-electron chi connectivity index (χ4n) is 6.51. The molecule has 1 aliphatic carbocycles. The maximum absolute atomic E-state index is 14.8. The van der Waals surface area contributed by atoms with Crippen LogP contribution in [0.1, 0.15) is 42.7 Å². The van der Waals surface area contributed by atoms with Crippen LogP contribution in [0.3, 0.4) is 0 Å². The molecule has 0 saturated heterocycles. The first-order valence-corrected chi connectivity index (χ1v) is 17.9. The number of ether oxygens (including phenoxy) is 4. The summed E-state index contributed by atoms with van der Waals surface area (Å²) < 4.78 is 230. The lowest BCUT2D eigenvalue weighted by Gasteiger charge is -2.32. The monoisotopic (exact) mass is 939 g/mol. The van der Waals surface area contributed by atoms with E-state index in [0.717, 1.165) is 0 Å². The molecule has 0 fully saturated rings. The van der Waals surface area contributed by atoms with Gasteiger partial charge in [0.05, 0.1) is 0 Å². The van der Waals surface area contributed by atoms with E-state index >= 15 is 0 Å². The van der Waals surface area contributed by atoms with Gasteiger partial charge in [0.25, 0.3) is 0 Å². The summed E-state index contributed by atoms with van der Waals surface area (Å²) in [6.07, 6.45) is -8.29. The van der Waals surface area contributed by atoms with Crippen LogP contribution in [0.15, 0.2) is 48.5 Å². The molecule has 5 aromatic rings. The van der Waals surface area contributed by atoms with Gasteiger partial charge in [-0.15, -0.1) is 0 Å². The number of amides is 1. The van der Waals surface area contributed by atoms with Crippen molar-refractivity contribution < 1.29 is 104 Å². The van der Waals surface area contributed by atoms with Crippen LogP contribution in [0.5, 0.6) is 17.2 Å². The zero-order chi connectivity index (χ0) is 47.8. The summed E-state index contributed by atoms with van der Waals surface area (Å²) in [5, 5.41) is 1.74. The van der Waals surface area contributed by atoms with Gasteiger partial charge >= 0.3 is 24.0 Å². The molecule has 0 saturated carbocycles. The number of benzene rings is 5. The molecule has 0 radical (unpaired) electrons. The van der Waals surface area contributed by atoms with Crippen LogP contribution < -0.4 is 19.5 Å². The molecule has 0 unspecified atom stereocenters. The van der Waals surface area contributed by atoms with Gasteiger partial charge in [-0.25, -0.2) is 49.1 Å². The van der Waals surface area contributed by atoms with Gasteiger partial charge in [0, 0.05) is 18.8 Å². The molecule has 9 nitrogen and oxygen atoms in total. The molecule has 1 N–H and O–H groups in total. The standard InChI is InChI=1S/C41H20F15NO8/c42-21-24(45)30(51)36(31(52)25(21)46)63-19(58)9-11-41(39(60)65-38-34(55)28(49)23(44)29(50)35(38)56,12-10-20(59)64-37-32(53)26(47)22(43)27(48)33(37)54)57-40(61)62-13-18-16-7-3-1-5-14(16)15-6-2-4-8-17(15)18/h1-8,18H,9-13H2,(H,57,61). The highest BCUT2D eigenvalue weighted by Gasteiger charge is 2.46. The normalized spacial score (nSPS) is 12.1. The first kappa shape index (κ1) is 47.2.